The van der Waals surface area contributed by atoms with Crippen molar-refractivity contribution in [2.45, 2.75) is 44.6 Å². The maximum atomic E-state index is 12.1. The van der Waals surface area contributed by atoms with Crippen molar-refractivity contribution in [1.29, 1.82) is 0 Å². The number of hydrogen-bond donors (Lipinski definition) is 0. The zero-order valence-corrected chi connectivity index (χ0v) is 12.4. The van der Waals surface area contributed by atoms with Crippen LogP contribution in [0.25, 0.3) is 0 Å². The van der Waals surface area contributed by atoms with Crippen LogP contribution in [0.1, 0.15) is 48.9 Å². The van der Waals surface area contributed by atoms with E-state index in [9.17, 15) is 14.4 Å². The Morgan fingerprint density at radius 2 is 1.82 bits per heavy atom. The number of Topliss-reactive ketones (excluding diaryl/α,β-unsaturated/α-hetero) is 1. The first kappa shape index (κ1) is 14.8. The molecule has 1 saturated heterocycles. The van der Waals surface area contributed by atoms with Crippen molar-refractivity contribution in [2.75, 3.05) is 11.4 Å². The Morgan fingerprint density at radius 3 is 2.45 bits per heavy atom. The van der Waals surface area contributed by atoms with Crippen LogP contribution in [0.3, 0.4) is 0 Å². The zero-order chi connectivity index (χ0) is 15.5. The van der Waals surface area contributed by atoms with Crippen LogP contribution < -0.4 is 4.90 Å². The number of ketones is 1. The number of rotatable bonds is 3. The topological polar surface area (TPSA) is 63.7 Å². The monoisotopic (exact) mass is 301 g/mol. The lowest BCUT2D eigenvalue weighted by Gasteiger charge is -2.21. The van der Waals surface area contributed by atoms with Gasteiger partial charge in [0.05, 0.1) is 5.56 Å². The third kappa shape index (κ3) is 3.03. The van der Waals surface area contributed by atoms with E-state index in [4.69, 9.17) is 4.74 Å². The Kier molecular flexibility index (Phi) is 4.22. The third-order valence-corrected chi connectivity index (χ3v) is 4.24. The zero-order valence-electron chi connectivity index (χ0n) is 12.4. The number of nitrogens with zero attached hydrogens (tertiary/aromatic N) is 1. The van der Waals surface area contributed by atoms with E-state index >= 15 is 0 Å². The van der Waals surface area contributed by atoms with Gasteiger partial charge in [-0.1, -0.05) is 0 Å². The predicted molar refractivity (Wildman–Crippen MR) is 80.7 cm³/mol. The second-order valence-corrected chi connectivity index (χ2v) is 5.80. The van der Waals surface area contributed by atoms with Crippen LogP contribution in [0.2, 0.25) is 0 Å². The molecule has 1 aliphatic heterocycles. The molecule has 1 aromatic carbocycles. The van der Waals surface area contributed by atoms with E-state index in [0.29, 0.717) is 24.8 Å². The standard InChI is InChI=1S/C17H19NO4/c19-14-4-1-2-5-15(14)22-17(21)12-7-9-13(10-8-12)18-11-3-6-16(18)20/h7-10,15H,1-6,11H2/t15-/m0/s1. The fraction of sp³-hybridized carbons (Fsp3) is 0.471. The molecule has 0 aromatic heterocycles. The normalized spacial score (nSPS) is 22.0. The lowest BCUT2D eigenvalue weighted by molar-refractivity contribution is -0.129. The summed E-state index contributed by atoms with van der Waals surface area (Å²) in [7, 11) is 0. The van der Waals surface area contributed by atoms with E-state index in [-0.39, 0.29) is 11.7 Å². The lowest BCUT2D eigenvalue weighted by Crippen LogP contribution is -2.30. The van der Waals surface area contributed by atoms with Crippen molar-refractivity contribution in [3.63, 3.8) is 0 Å². The van der Waals surface area contributed by atoms with Crippen LogP contribution in [0.5, 0.6) is 0 Å². The summed E-state index contributed by atoms with van der Waals surface area (Å²) in [4.78, 5) is 37.2. The van der Waals surface area contributed by atoms with Gasteiger partial charge >= 0.3 is 5.97 Å². The van der Waals surface area contributed by atoms with E-state index in [2.05, 4.69) is 0 Å². The van der Waals surface area contributed by atoms with E-state index in [0.717, 1.165) is 31.5 Å². The highest BCUT2D eigenvalue weighted by atomic mass is 16.5. The number of carbonyl (C=O) groups is 3. The quantitative estimate of drug-likeness (QED) is 0.805. The highest BCUT2D eigenvalue weighted by Gasteiger charge is 2.26. The molecule has 0 N–H and O–H groups in total. The Balaban J connectivity index is 1.65. The van der Waals surface area contributed by atoms with Gasteiger partial charge in [0, 0.05) is 25.1 Å². The number of amides is 1. The largest absolute Gasteiger partial charge is 0.451 e. The minimum absolute atomic E-state index is 0.0129. The average Bonchev–Trinajstić information content (AvgIpc) is 2.96. The number of anilines is 1. The molecule has 1 atom stereocenters. The molecule has 2 aliphatic rings. The number of hydrogen-bond acceptors (Lipinski definition) is 4. The van der Waals surface area contributed by atoms with Crippen molar-refractivity contribution in [3.8, 4) is 0 Å². The first-order valence-corrected chi connectivity index (χ1v) is 7.79. The van der Waals surface area contributed by atoms with Crippen molar-refractivity contribution in [1.82, 2.24) is 0 Å². The van der Waals surface area contributed by atoms with E-state index in [1.165, 1.54) is 0 Å². The molecule has 1 saturated carbocycles. The summed E-state index contributed by atoms with van der Waals surface area (Å²) in [6, 6.07) is 6.80. The van der Waals surface area contributed by atoms with E-state index in [1.54, 1.807) is 29.2 Å². The van der Waals surface area contributed by atoms with Gasteiger partial charge in [0.15, 0.2) is 11.9 Å². The predicted octanol–water partition coefficient (Wildman–Crippen LogP) is 2.48. The molecule has 1 aromatic rings. The van der Waals surface area contributed by atoms with E-state index in [1.807, 2.05) is 0 Å². The summed E-state index contributed by atoms with van der Waals surface area (Å²) in [5, 5.41) is 0. The molecule has 5 nitrogen and oxygen atoms in total. The van der Waals surface area contributed by atoms with Crippen LogP contribution in [0, 0.1) is 0 Å². The van der Waals surface area contributed by atoms with E-state index < -0.39 is 12.1 Å². The van der Waals surface area contributed by atoms with Gasteiger partial charge in [0.2, 0.25) is 5.91 Å². The molecular formula is C17H19NO4. The van der Waals surface area contributed by atoms with Gasteiger partial charge in [0.25, 0.3) is 0 Å². The van der Waals surface area contributed by atoms with Gasteiger partial charge in [-0.05, 0) is 49.9 Å². The maximum absolute atomic E-state index is 12.1. The molecule has 1 amide bonds. The summed E-state index contributed by atoms with van der Waals surface area (Å²) >= 11 is 0. The number of ether oxygens (including phenoxy) is 1. The lowest BCUT2D eigenvalue weighted by atomic mass is 9.96. The highest BCUT2D eigenvalue weighted by Crippen LogP contribution is 2.23. The second-order valence-electron chi connectivity index (χ2n) is 5.80. The van der Waals surface area contributed by atoms with Crippen LogP contribution >= 0.6 is 0 Å². The summed E-state index contributed by atoms with van der Waals surface area (Å²) in [6.07, 6.45) is 3.76. The fourth-order valence-electron chi connectivity index (χ4n) is 2.97. The first-order chi connectivity index (χ1) is 10.6. The van der Waals surface area contributed by atoms with Gasteiger partial charge in [-0.25, -0.2) is 4.79 Å². The molecule has 5 heteroatoms. The highest BCUT2D eigenvalue weighted by molar-refractivity contribution is 5.97. The van der Waals surface area contributed by atoms with Gasteiger partial charge in [0.1, 0.15) is 0 Å². The minimum atomic E-state index is -0.596. The molecule has 0 bridgehead atoms. The third-order valence-electron chi connectivity index (χ3n) is 4.24. The van der Waals surface area contributed by atoms with Gasteiger partial charge in [-0.15, -0.1) is 0 Å². The molecule has 2 fully saturated rings. The fourth-order valence-corrected chi connectivity index (χ4v) is 2.97. The minimum Gasteiger partial charge on any atom is -0.451 e. The van der Waals surface area contributed by atoms with Crippen molar-refractivity contribution in [2.24, 2.45) is 0 Å². The molecule has 22 heavy (non-hydrogen) atoms. The Hall–Kier alpha value is -2.17. The molecular weight excluding hydrogens is 282 g/mol. The second kappa shape index (κ2) is 6.30. The summed E-state index contributed by atoms with van der Waals surface area (Å²) in [6.45, 7) is 0.721. The van der Waals surface area contributed by atoms with Crippen LogP contribution in [0.4, 0.5) is 5.69 Å². The summed E-state index contributed by atoms with van der Waals surface area (Å²) < 4.78 is 5.31. The summed E-state index contributed by atoms with van der Waals surface area (Å²) in [5.41, 5.74) is 1.21. The maximum Gasteiger partial charge on any atom is 0.338 e. The average molecular weight is 301 g/mol. The molecule has 0 spiro atoms. The molecule has 116 valence electrons. The molecule has 3 rings (SSSR count). The number of carbonyl (C=O) groups excluding carboxylic acids is 3. The first-order valence-electron chi connectivity index (χ1n) is 7.79. The van der Waals surface area contributed by atoms with Crippen LogP contribution in [-0.2, 0) is 14.3 Å². The number of esters is 1. The van der Waals surface area contributed by atoms with Gasteiger partial charge in [-0.2, -0.15) is 0 Å². The van der Waals surface area contributed by atoms with Crippen LogP contribution in [0.15, 0.2) is 24.3 Å². The van der Waals surface area contributed by atoms with Gasteiger partial charge in [-0.3, -0.25) is 9.59 Å². The van der Waals surface area contributed by atoms with Crippen molar-refractivity contribution >= 4 is 23.3 Å². The SMILES string of the molecule is O=C(O[C@H]1CCCCC1=O)c1ccc(N2CCCC2=O)cc1. The molecule has 0 unspecified atom stereocenters. The molecule has 0 radical (unpaired) electrons. The molecule has 1 aliphatic carbocycles. The number of benzene rings is 1. The van der Waals surface area contributed by atoms with Gasteiger partial charge < -0.3 is 9.64 Å². The Morgan fingerprint density at radius 1 is 1.05 bits per heavy atom. The Bertz CT molecular complexity index is 593. The van der Waals surface area contributed by atoms with Crippen LogP contribution in [-0.4, -0.2) is 30.3 Å². The van der Waals surface area contributed by atoms with Crippen molar-refractivity contribution in [3.05, 3.63) is 29.8 Å². The summed E-state index contributed by atoms with van der Waals surface area (Å²) in [5.74, 6) is -0.346. The smallest absolute Gasteiger partial charge is 0.338 e. The Labute approximate surface area is 129 Å². The van der Waals surface area contributed by atoms with Crippen molar-refractivity contribution < 1.29 is 19.1 Å². The molecule has 1 heterocycles.